The van der Waals surface area contributed by atoms with E-state index in [4.69, 9.17) is 16.3 Å². The molecule has 0 heterocycles. The molecule has 3 heteroatoms. The molecule has 20 heavy (non-hydrogen) atoms. The van der Waals surface area contributed by atoms with Crippen LogP contribution in [-0.2, 0) is 0 Å². The summed E-state index contributed by atoms with van der Waals surface area (Å²) in [5, 5.41) is 10.0. The third kappa shape index (κ3) is 3.53. The lowest BCUT2D eigenvalue weighted by Gasteiger charge is -2.11. The summed E-state index contributed by atoms with van der Waals surface area (Å²) in [4.78, 5) is 0. The molecule has 0 spiro atoms. The quantitative estimate of drug-likeness (QED) is 0.827. The number of benzene rings is 2. The van der Waals surface area contributed by atoms with Gasteiger partial charge in [-0.15, -0.1) is 0 Å². The van der Waals surface area contributed by atoms with Crippen molar-refractivity contribution in [3.8, 4) is 11.5 Å². The maximum atomic E-state index is 9.51. The van der Waals surface area contributed by atoms with Crippen molar-refractivity contribution >= 4 is 11.6 Å². The second-order valence-electron chi connectivity index (χ2n) is 5.19. The lowest BCUT2D eigenvalue weighted by molar-refractivity contribution is 0.199. The van der Waals surface area contributed by atoms with Crippen molar-refractivity contribution in [3.05, 3.63) is 58.6 Å². The van der Waals surface area contributed by atoms with Gasteiger partial charge in [0.25, 0.3) is 0 Å². The Kier molecular flexibility index (Phi) is 4.69. The Balaban J connectivity index is 2.17. The molecule has 0 aliphatic heterocycles. The molecule has 2 aromatic carbocycles. The molecule has 0 amide bonds. The molecule has 1 atom stereocenters. The third-order valence-corrected chi connectivity index (χ3v) is 3.51. The first kappa shape index (κ1) is 14.9. The Morgan fingerprint density at radius 3 is 2.05 bits per heavy atom. The van der Waals surface area contributed by atoms with Crippen molar-refractivity contribution in [1.29, 1.82) is 0 Å². The van der Waals surface area contributed by atoms with E-state index >= 15 is 0 Å². The molecule has 0 radical (unpaired) electrons. The van der Waals surface area contributed by atoms with E-state index in [1.807, 2.05) is 18.2 Å². The summed E-state index contributed by atoms with van der Waals surface area (Å²) < 4.78 is 5.77. The van der Waals surface area contributed by atoms with Gasteiger partial charge in [0.1, 0.15) is 11.5 Å². The second kappa shape index (κ2) is 6.29. The molecule has 0 saturated heterocycles. The molecule has 2 rings (SSSR count). The number of rotatable bonds is 4. The fourth-order valence-corrected chi connectivity index (χ4v) is 2.14. The summed E-state index contributed by atoms with van der Waals surface area (Å²) in [6.07, 6.45) is -0.535. The first-order valence-corrected chi connectivity index (χ1v) is 7.10. The van der Waals surface area contributed by atoms with E-state index in [-0.39, 0.29) is 0 Å². The van der Waals surface area contributed by atoms with Gasteiger partial charge < -0.3 is 9.84 Å². The molecule has 0 aliphatic rings. The van der Waals surface area contributed by atoms with E-state index in [0.717, 1.165) is 11.3 Å². The van der Waals surface area contributed by atoms with Crippen molar-refractivity contribution in [2.45, 2.75) is 32.8 Å². The Bertz CT molecular complexity index is 574. The number of aliphatic hydroxyl groups is 1. The van der Waals surface area contributed by atoms with E-state index < -0.39 is 6.10 Å². The molecular weight excluding hydrogens is 272 g/mol. The fourth-order valence-electron chi connectivity index (χ4n) is 1.91. The van der Waals surface area contributed by atoms with Crippen LogP contribution in [0.25, 0.3) is 0 Å². The number of hydrogen-bond donors (Lipinski definition) is 1. The van der Waals surface area contributed by atoms with Crippen LogP contribution in [0, 0.1) is 0 Å². The van der Waals surface area contributed by atoms with Crippen LogP contribution >= 0.6 is 11.6 Å². The largest absolute Gasteiger partial charge is 0.456 e. The van der Waals surface area contributed by atoms with Gasteiger partial charge in [0, 0.05) is 0 Å². The summed E-state index contributed by atoms with van der Waals surface area (Å²) in [5.41, 5.74) is 2.05. The van der Waals surface area contributed by atoms with Gasteiger partial charge in [-0.2, -0.15) is 0 Å². The summed E-state index contributed by atoms with van der Waals surface area (Å²) in [6.45, 7) is 6.01. The third-order valence-electron chi connectivity index (χ3n) is 3.21. The monoisotopic (exact) mass is 290 g/mol. The van der Waals surface area contributed by atoms with E-state index in [1.165, 1.54) is 5.56 Å². The first-order chi connectivity index (χ1) is 9.47. The van der Waals surface area contributed by atoms with Crippen molar-refractivity contribution < 1.29 is 9.84 Å². The van der Waals surface area contributed by atoms with Crippen molar-refractivity contribution in [3.63, 3.8) is 0 Å². The predicted molar refractivity (Wildman–Crippen MR) is 82.7 cm³/mol. The zero-order valence-corrected chi connectivity index (χ0v) is 12.7. The lowest BCUT2D eigenvalue weighted by atomic mass is 10.0. The molecule has 0 bridgehead atoms. The fraction of sp³-hybridized carbons (Fsp3) is 0.294. The Morgan fingerprint density at radius 1 is 0.950 bits per heavy atom. The van der Waals surface area contributed by atoms with Crippen LogP contribution in [0.1, 0.15) is 43.9 Å². The molecule has 2 aromatic rings. The molecule has 1 N–H and O–H groups in total. The standard InChI is InChI=1S/C17H19ClO2/c1-11(2)13-4-7-15(8-5-13)20-17-9-6-14(12(3)19)10-16(17)18/h4-12,19H,1-3H3/t12-/m1/s1. The average Bonchev–Trinajstić information content (AvgIpc) is 2.41. The summed E-state index contributed by atoms with van der Waals surface area (Å²) in [5.74, 6) is 1.84. The summed E-state index contributed by atoms with van der Waals surface area (Å²) >= 11 is 6.17. The van der Waals surface area contributed by atoms with Crippen LogP contribution in [0.4, 0.5) is 0 Å². The molecule has 2 nitrogen and oxygen atoms in total. The smallest absolute Gasteiger partial charge is 0.146 e. The summed E-state index contributed by atoms with van der Waals surface area (Å²) in [6, 6.07) is 13.3. The van der Waals surface area contributed by atoms with Crippen molar-refractivity contribution in [2.24, 2.45) is 0 Å². The Hall–Kier alpha value is -1.51. The summed E-state index contributed by atoms with van der Waals surface area (Å²) in [7, 11) is 0. The molecule has 0 unspecified atom stereocenters. The zero-order valence-electron chi connectivity index (χ0n) is 11.9. The topological polar surface area (TPSA) is 29.5 Å². The van der Waals surface area contributed by atoms with Gasteiger partial charge >= 0.3 is 0 Å². The molecule has 0 aromatic heterocycles. The van der Waals surface area contributed by atoms with E-state index in [2.05, 4.69) is 26.0 Å². The van der Waals surface area contributed by atoms with Gasteiger partial charge in [0.05, 0.1) is 11.1 Å². The van der Waals surface area contributed by atoms with Crippen LogP contribution < -0.4 is 4.74 Å². The predicted octanol–water partition coefficient (Wildman–Crippen LogP) is 5.31. The van der Waals surface area contributed by atoms with E-state index in [1.54, 1.807) is 19.1 Å². The van der Waals surface area contributed by atoms with Crippen molar-refractivity contribution in [1.82, 2.24) is 0 Å². The van der Waals surface area contributed by atoms with Crippen LogP contribution in [0.15, 0.2) is 42.5 Å². The highest BCUT2D eigenvalue weighted by atomic mass is 35.5. The lowest BCUT2D eigenvalue weighted by Crippen LogP contribution is -1.92. The van der Waals surface area contributed by atoms with Gasteiger partial charge in [-0.1, -0.05) is 43.6 Å². The zero-order chi connectivity index (χ0) is 14.7. The normalized spacial score (nSPS) is 12.5. The van der Waals surface area contributed by atoms with Crippen LogP contribution in [-0.4, -0.2) is 5.11 Å². The number of hydrogen-bond acceptors (Lipinski definition) is 2. The van der Waals surface area contributed by atoms with Crippen LogP contribution in [0.5, 0.6) is 11.5 Å². The Labute approximate surface area is 125 Å². The highest BCUT2D eigenvalue weighted by Crippen LogP contribution is 2.32. The second-order valence-corrected chi connectivity index (χ2v) is 5.60. The minimum absolute atomic E-state index is 0.497. The van der Waals surface area contributed by atoms with Gasteiger partial charge in [-0.05, 0) is 48.2 Å². The molecule has 0 aliphatic carbocycles. The van der Waals surface area contributed by atoms with Gasteiger partial charge in [-0.25, -0.2) is 0 Å². The molecule has 0 fully saturated rings. The van der Waals surface area contributed by atoms with E-state index in [0.29, 0.717) is 16.7 Å². The average molecular weight is 291 g/mol. The molecule has 0 saturated carbocycles. The Morgan fingerprint density at radius 2 is 1.55 bits per heavy atom. The van der Waals surface area contributed by atoms with Crippen LogP contribution in [0.2, 0.25) is 5.02 Å². The highest BCUT2D eigenvalue weighted by molar-refractivity contribution is 6.32. The number of aliphatic hydroxyl groups excluding tert-OH is 1. The highest BCUT2D eigenvalue weighted by Gasteiger charge is 2.08. The molecule has 106 valence electrons. The van der Waals surface area contributed by atoms with Gasteiger partial charge in [0.15, 0.2) is 0 Å². The van der Waals surface area contributed by atoms with Gasteiger partial charge in [-0.3, -0.25) is 0 Å². The first-order valence-electron chi connectivity index (χ1n) is 6.72. The van der Waals surface area contributed by atoms with E-state index in [9.17, 15) is 5.11 Å². The van der Waals surface area contributed by atoms with Gasteiger partial charge in [0.2, 0.25) is 0 Å². The maximum Gasteiger partial charge on any atom is 0.146 e. The number of halogens is 1. The maximum absolute atomic E-state index is 9.51. The van der Waals surface area contributed by atoms with Crippen LogP contribution in [0.3, 0.4) is 0 Å². The molecular formula is C17H19ClO2. The SMILES string of the molecule is CC(C)c1ccc(Oc2ccc([C@@H](C)O)cc2Cl)cc1. The minimum Gasteiger partial charge on any atom is -0.456 e. The van der Waals surface area contributed by atoms with Crippen molar-refractivity contribution in [2.75, 3.05) is 0 Å². The number of ether oxygens (including phenoxy) is 1. The minimum atomic E-state index is -0.535.